The highest BCUT2D eigenvalue weighted by Crippen LogP contribution is 2.25. The van der Waals surface area contributed by atoms with Crippen molar-refractivity contribution in [2.45, 2.75) is 46.2 Å². The summed E-state index contributed by atoms with van der Waals surface area (Å²) < 4.78 is 17.9. The van der Waals surface area contributed by atoms with Crippen LogP contribution in [0.2, 0.25) is 0 Å². The summed E-state index contributed by atoms with van der Waals surface area (Å²) in [5.41, 5.74) is 2.99. The fourth-order valence-electron chi connectivity index (χ4n) is 3.39. The molecule has 0 radical (unpaired) electrons. The molecular formula is C20H22FN7. The topological polar surface area (TPSA) is 74.3 Å². The van der Waals surface area contributed by atoms with Crippen LogP contribution in [-0.4, -0.2) is 34.5 Å². The van der Waals surface area contributed by atoms with E-state index in [2.05, 4.69) is 46.0 Å². The summed E-state index contributed by atoms with van der Waals surface area (Å²) in [4.78, 5) is 8.45. The van der Waals surface area contributed by atoms with Crippen LogP contribution in [0, 0.1) is 5.82 Å². The lowest BCUT2D eigenvalue weighted by molar-refractivity contribution is 0.544. The zero-order valence-corrected chi connectivity index (χ0v) is 16.2. The predicted octanol–water partition coefficient (Wildman–Crippen LogP) is 3.81. The molecule has 144 valence electrons. The van der Waals surface area contributed by atoms with Gasteiger partial charge in [0.2, 0.25) is 0 Å². The van der Waals surface area contributed by atoms with E-state index in [-0.39, 0.29) is 11.7 Å². The fourth-order valence-corrected chi connectivity index (χ4v) is 3.39. The van der Waals surface area contributed by atoms with Crippen LogP contribution in [0.25, 0.3) is 22.6 Å². The first kappa shape index (κ1) is 18.2. The number of imidazole rings is 1. The molecule has 0 aliphatic carbocycles. The molecule has 7 nitrogen and oxygen atoms in total. The van der Waals surface area contributed by atoms with Crippen molar-refractivity contribution in [1.82, 2.24) is 34.5 Å². The van der Waals surface area contributed by atoms with Crippen molar-refractivity contribution in [3.05, 3.63) is 54.0 Å². The van der Waals surface area contributed by atoms with Crippen LogP contribution in [0.15, 0.2) is 36.9 Å². The van der Waals surface area contributed by atoms with Gasteiger partial charge in [0.25, 0.3) is 0 Å². The van der Waals surface area contributed by atoms with E-state index < -0.39 is 5.82 Å². The quantitative estimate of drug-likeness (QED) is 0.509. The van der Waals surface area contributed by atoms with Gasteiger partial charge in [-0.3, -0.25) is 0 Å². The Kier molecular flexibility index (Phi) is 4.85. The summed E-state index contributed by atoms with van der Waals surface area (Å²) in [7, 11) is 0. The van der Waals surface area contributed by atoms with Gasteiger partial charge in [-0.05, 0) is 38.0 Å². The number of rotatable bonds is 6. The molecule has 0 bridgehead atoms. The second-order valence-corrected chi connectivity index (χ2v) is 7.01. The number of hydrogen-bond donors (Lipinski definition) is 0. The zero-order valence-electron chi connectivity index (χ0n) is 16.2. The first-order valence-electron chi connectivity index (χ1n) is 9.43. The lowest BCUT2D eigenvalue weighted by Gasteiger charge is -2.12. The third-order valence-electron chi connectivity index (χ3n) is 4.70. The van der Waals surface area contributed by atoms with Gasteiger partial charge in [-0.25, -0.2) is 19.0 Å². The van der Waals surface area contributed by atoms with Crippen molar-refractivity contribution in [3.63, 3.8) is 0 Å². The maximum Gasteiger partial charge on any atom is 0.180 e. The van der Waals surface area contributed by atoms with Crippen molar-refractivity contribution in [3.8, 4) is 11.5 Å². The first-order chi connectivity index (χ1) is 13.6. The molecule has 0 spiro atoms. The van der Waals surface area contributed by atoms with Crippen LogP contribution < -0.4 is 0 Å². The van der Waals surface area contributed by atoms with E-state index in [1.165, 1.54) is 6.07 Å². The molecule has 28 heavy (non-hydrogen) atoms. The molecule has 8 heteroatoms. The van der Waals surface area contributed by atoms with Gasteiger partial charge in [0, 0.05) is 30.0 Å². The van der Waals surface area contributed by atoms with Crippen molar-refractivity contribution in [2.24, 2.45) is 0 Å². The number of aromatic nitrogens is 7. The highest BCUT2D eigenvalue weighted by Gasteiger charge is 2.18. The van der Waals surface area contributed by atoms with Crippen molar-refractivity contribution in [2.75, 3.05) is 0 Å². The maximum absolute atomic E-state index is 14.2. The minimum absolute atomic E-state index is 0.208. The SMILES string of the molecule is CCCc1c(Cn2ccnc2-c2ncccc2F)nnc2c1cnn2C(C)C. The normalized spacial score (nSPS) is 11.6. The lowest BCUT2D eigenvalue weighted by Crippen LogP contribution is -2.10. The van der Waals surface area contributed by atoms with E-state index in [1.807, 2.05) is 21.6 Å². The Morgan fingerprint density at radius 2 is 2.00 bits per heavy atom. The molecule has 0 aliphatic heterocycles. The van der Waals surface area contributed by atoms with E-state index in [1.54, 1.807) is 18.5 Å². The average molecular weight is 379 g/mol. The molecule has 0 aromatic carbocycles. The summed E-state index contributed by atoms with van der Waals surface area (Å²) in [6, 6.07) is 3.16. The molecule has 4 aromatic rings. The van der Waals surface area contributed by atoms with E-state index in [0.29, 0.717) is 12.4 Å². The minimum atomic E-state index is -0.400. The van der Waals surface area contributed by atoms with Gasteiger partial charge in [-0.2, -0.15) is 10.2 Å². The minimum Gasteiger partial charge on any atom is -0.324 e. The smallest absolute Gasteiger partial charge is 0.180 e. The predicted molar refractivity (Wildman–Crippen MR) is 104 cm³/mol. The zero-order chi connectivity index (χ0) is 19.7. The average Bonchev–Trinajstić information content (AvgIpc) is 3.31. The fraction of sp³-hybridized carbons (Fsp3) is 0.350. The Labute approximate surface area is 162 Å². The molecule has 4 aromatic heterocycles. The third kappa shape index (κ3) is 3.15. The van der Waals surface area contributed by atoms with Crippen molar-refractivity contribution >= 4 is 11.0 Å². The molecule has 0 atom stereocenters. The van der Waals surface area contributed by atoms with Gasteiger partial charge < -0.3 is 4.57 Å². The molecule has 4 heterocycles. The van der Waals surface area contributed by atoms with Crippen LogP contribution in [0.1, 0.15) is 44.5 Å². The Morgan fingerprint density at radius 1 is 1.14 bits per heavy atom. The van der Waals surface area contributed by atoms with Gasteiger partial charge in [0.05, 0.1) is 18.4 Å². The number of hydrogen-bond acceptors (Lipinski definition) is 5. The van der Waals surface area contributed by atoms with E-state index in [9.17, 15) is 4.39 Å². The molecule has 4 rings (SSSR count). The third-order valence-corrected chi connectivity index (χ3v) is 4.70. The van der Waals surface area contributed by atoms with Crippen molar-refractivity contribution < 1.29 is 4.39 Å². The Balaban J connectivity index is 1.78. The molecule has 0 N–H and O–H groups in total. The van der Waals surface area contributed by atoms with Gasteiger partial charge in [-0.1, -0.05) is 13.3 Å². The molecule has 0 fully saturated rings. The van der Waals surface area contributed by atoms with Crippen LogP contribution in [0.4, 0.5) is 4.39 Å². The summed E-state index contributed by atoms with van der Waals surface area (Å²) in [6.45, 7) is 6.71. The molecule has 0 amide bonds. The largest absolute Gasteiger partial charge is 0.324 e. The Morgan fingerprint density at radius 3 is 2.75 bits per heavy atom. The van der Waals surface area contributed by atoms with Gasteiger partial charge >= 0.3 is 0 Å². The molecular weight excluding hydrogens is 357 g/mol. The number of aryl methyl sites for hydroxylation is 1. The van der Waals surface area contributed by atoms with Gasteiger partial charge in [0.1, 0.15) is 5.69 Å². The molecule has 0 saturated carbocycles. The van der Waals surface area contributed by atoms with Crippen LogP contribution >= 0.6 is 0 Å². The molecule has 0 saturated heterocycles. The summed E-state index contributed by atoms with van der Waals surface area (Å²) >= 11 is 0. The highest BCUT2D eigenvalue weighted by atomic mass is 19.1. The van der Waals surface area contributed by atoms with Crippen LogP contribution in [-0.2, 0) is 13.0 Å². The number of pyridine rings is 1. The van der Waals surface area contributed by atoms with Crippen LogP contribution in [0.3, 0.4) is 0 Å². The van der Waals surface area contributed by atoms with E-state index in [4.69, 9.17) is 0 Å². The second-order valence-electron chi connectivity index (χ2n) is 7.01. The first-order valence-corrected chi connectivity index (χ1v) is 9.43. The second kappa shape index (κ2) is 7.46. The van der Waals surface area contributed by atoms with E-state index >= 15 is 0 Å². The van der Waals surface area contributed by atoms with Gasteiger partial charge in [-0.15, -0.1) is 5.10 Å². The summed E-state index contributed by atoms with van der Waals surface area (Å²) in [6.07, 6.45) is 8.73. The maximum atomic E-state index is 14.2. The highest BCUT2D eigenvalue weighted by molar-refractivity contribution is 5.79. The number of fused-ring (bicyclic) bond motifs is 1. The Hall–Kier alpha value is -3.16. The van der Waals surface area contributed by atoms with Crippen LogP contribution in [0.5, 0.6) is 0 Å². The molecule has 0 aliphatic rings. The standard InChI is InChI=1S/C20H22FN7/c1-4-6-14-15-11-24-28(13(2)3)19(15)26-25-17(14)12-27-10-9-23-20(27)18-16(21)7-5-8-22-18/h5,7-11,13H,4,6,12H2,1-3H3. The lowest BCUT2D eigenvalue weighted by atomic mass is 10.1. The summed E-state index contributed by atoms with van der Waals surface area (Å²) in [5, 5.41) is 14.4. The van der Waals surface area contributed by atoms with E-state index in [0.717, 1.165) is 35.1 Å². The molecule has 0 unspecified atom stereocenters. The van der Waals surface area contributed by atoms with Crippen molar-refractivity contribution in [1.29, 1.82) is 0 Å². The monoisotopic (exact) mass is 379 g/mol. The number of halogens is 1. The van der Waals surface area contributed by atoms with Gasteiger partial charge in [0.15, 0.2) is 17.3 Å². The summed E-state index contributed by atoms with van der Waals surface area (Å²) in [5.74, 6) is 0.0730. The Bertz CT molecular complexity index is 1110. The number of nitrogens with zero attached hydrogens (tertiary/aromatic N) is 7.